The summed E-state index contributed by atoms with van der Waals surface area (Å²) in [6, 6.07) is 18.5. The fourth-order valence-electron chi connectivity index (χ4n) is 5.49. The summed E-state index contributed by atoms with van der Waals surface area (Å²) in [7, 11) is 0. The van der Waals surface area contributed by atoms with E-state index in [9.17, 15) is 4.79 Å². The minimum Gasteiger partial charge on any atom is -0.370 e. The fraction of sp³-hybridized carbons (Fsp3) is 0.424. The summed E-state index contributed by atoms with van der Waals surface area (Å²) < 4.78 is 8.08. The second-order valence-electron chi connectivity index (χ2n) is 10.9. The van der Waals surface area contributed by atoms with Crippen LogP contribution in [0.1, 0.15) is 49.7 Å². The molecule has 2 aromatic carbocycles. The second-order valence-corrected chi connectivity index (χ2v) is 10.9. The van der Waals surface area contributed by atoms with Crippen molar-refractivity contribution in [2.45, 2.75) is 64.0 Å². The number of nitrogens with one attached hydrogen (secondary N) is 3. The molecule has 1 aliphatic heterocycles. The first kappa shape index (κ1) is 27.2. The maximum Gasteiger partial charge on any atom is 0.176 e. The molecule has 3 aromatic rings. The van der Waals surface area contributed by atoms with Crippen LogP contribution in [-0.2, 0) is 28.9 Å². The molecular formula is C33H40N4O2. The molecule has 5 rings (SSSR count). The molecule has 39 heavy (non-hydrogen) atoms. The zero-order valence-corrected chi connectivity index (χ0v) is 22.8. The standard InChI is InChI=1S/C33H40N4O2/c34-29(17-12-24-7-2-1-3-8-24)32(38)11-6-19-37-23-27(28-9-4-5-10-31(28)37)16-15-26(25-13-14-25)21-30(35)33-22-36-18-20-39-33/h1-5,7-10,15,23,25,33-36H,6,11-14,16-22H2/b26-15-,34-29?,35-30?. The highest BCUT2D eigenvalue weighted by Crippen LogP contribution is 2.39. The van der Waals surface area contributed by atoms with Crippen LogP contribution in [0.5, 0.6) is 0 Å². The Hall–Kier alpha value is -3.35. The van der Waals surface area contributed by atoms with Gasteiger partial charge in [-0.1, -0.05) is 60.2 Å². The SMILES string of the molecule is N=C(CCc1ccccc1)C(=O)CCCn1cc(C/C=C(/CC(=N)C2CNCCO2)C2CC2)c2ccccc21. The van der Waals surface area contributed by atoms with Gasteiger partial charge in [0, 0.05) is 55.3 Å². The van der Waals surface area contributed by atoms with Gasteiger partial charge >= 0.3 is 0 Å². The number of rotatable bonds is 14. The van der Waals surface area contributed by atoms with E-state index >= 15 is 0 Å². The molecule has 2 aliphatic rings. The quantitative estimate of drug-likeness (QED) is 0.181. The number of ether oxygens (including phenoxy) is 1. The van der Waals surface area contributed by atoms with Crippen molar-refractivity contribution in [2.24, 2.45) is 5.92 Å². The number of benzene rings is 2. The van der Waals surface area contributed by atoms with Gasteiger partial charge in [0.05, 0.1) is 12.3 Å². The average Bonchev–Trinajstić information content (AvgIpc) is 3.77. The number of hydrogen-bond acceptors (Lipinski definition) is 5. The van der Waals surface area contributed by atoms with E-state index in [-0.39, 0.29) is 17.6 Å². The summed E-state index contributed by atoms with van der Waals surface area (Å²) in [6.07, 6.45) is 10.8. The third kappa shape index (κ3) is 7.40. The molecule has 0 bridgehead atoms. The molecule has 1 aliphatic carbocycles. The third-order valence-corrected chi connectivity index (χ3v) is 7.91. The Morgan fingerprint density at radius 2 is 1.85 bits per heavy atom. The van der Waals surface area contributed by atoms with Crippen molar-refractivity contribution in [3.05, 3.63) is 83.6 Å². The second kappa shape index (κ2) is 13.1. The topological polar surface area (TPSA) is 91.0 Å². The van der Waals surface area contributed by atoms with Crippen LogP contribution in [0.2, 0.25) is 0 Å². The van der Waals surface area contributed by atoms with Crippen molar-refractivity contribution in [2.75, 3.05) is 19.7 Å². The lowest BCUT2D eigenvalue weighted by Gasteiger charge is -2.24. The molecule has 0 amide bonds. The molecule has 204 valence electrons. The summed E-state index contributed by atoms with van der Waals surface area (Å²) in [5.74, 6) is 0.567. The van der Waals surface area contributed by atoms with Gasteiger partial charge in [-0.2, -0.15) is 0 Å². The maximum absolute atomic E-state index is 12.6. The van der Waals surface area contributed by atoms with Gasteiger partial charge in [0.15, 0.2) is 5.78 Å². The van der Waals surface area contributed by atoms with E-state index < -0.39 is 0 Å². The number of carbonyl (C=O) groups is 1. The number of para-hydroxylation sites is 1. The molecular weight excluding hydrogens is 484 g/mol. The van der Waals surface area contributed by atoms with Crippen molar-refractivity contribution in [1.82, 2.24) is 9.88 Å². The highest BCUT2D eigenvalue weighted by Gasteiger charge is 2.28. The summed E-state index contributed by atoms with van der Waals surface area (Å²) in [6.45, 7) is 3.03. The van der Waals surface area contributed by atoms with Crippen molar-refractivity contribution in [3.8, 4) is 0 Å². The monoisotopic (exact) mass is 524 g/mol. The first-order valence-electron chi connectivity index (χ1n) is 14.4. The van der Waals surface area contributed by atoms with Gasteiger partial charge in [-0.3, -0.25) is 4.79 Å². The van der Waals surface area contributed by atoms with Crippen LogP contribution >= 0.6 is 0 Å². The third-order valence-electron chi connectivity index (χ3n) is 7.91. The summed E-state index contributed by atoms with van der Waals surface area (Å²) in [5.41, 5.74) is 5.93. The molecule has 1 saturated carbocycles. The van der Waals surface area contributed by atoms with E-state index in [0.29, 0.717) is 37.5 Å². The Bertz CT molecular complexity index is 1330. The van der Waals surface area contributed by atoms with Crippen molar-refractivity contribution in [3.63, 3.8) is 0 Å². The molecule has 1 atom stereocenters. The number of aromatic nitrogens is 1. The first-order valence-corrected chi connectivity index (χ1v) is 14.4. The Morgan fingerprint density at radius 3 is 2.62 bits per heavy atom. The van der Waals surface area contributed by atoms with Crippen molar-refractivity contribution >= 4 is 28.1 Å². The van der Waals surface area contributed by atoms with Crippen LogP contribution in [0.3, 0.4) is 0 Å². The molecule has 0 spiro atoms. The van der Waals surface area contributed by atoms with Gasteiger partial charge in [-0.15, -0.1) is 0 Å². The van der Waals surface area contributed by atoms with E-state index in [0.717, 1.165) is 44.5 Å². The number of hydrogen-bond donors (Lipinski definition) is 3. The number of ketones is 1. The van der Waals surface area contributed by atoms with Crippen LogP contribution in [0.25, 0.3) is 10.9 Å². The lowest BCUT2D eigenvalue weighted by atomic mass is 9.98. The van der Waals surface area contributed by atoms with Gasteiger partial charge < -0.3 is 25.4 Å². The molecule has 6 heteroatoms. The minimum absolute atomic E-state index is 0.0424. The van der Waals surface area contributed by atoms with Crippen LogP contribution in [0.15, 0.2) is 72.4 Å². The number of nitrogens with zero attached hydrogens (tertiary/aromatic N) is 1. The van der Waals surface area contributed by atoms with E-state index in [1.807, 2.05) is 30.3 Å². The minimum atomic E-state index is -0.106. The summed E-state index contributed by atoms with van der Waals surface area (Å²) in [5, 5.41) is 21.4. The Labute approximate surface area is 231 Å². The number of Topliss-reactive ketones (excluding diaryl/α,β-unsaturated/α-hetero) is 1. The largest absolute Gasteiger partial charge is 0.370 e. The zero-order chi connectivity index (χ0) is 27.0. The normalized spacial score (nSPS) is 17.8. The molecule has 6 nitrogen and oxygen atoms in total. The van der Waals surface area contributed by atoms with Crippen LogP contribution in [0, 0.1) is 16.7 Å². The van der Waals surface area contributed by atoms with Gasteiger partial charge in [0.1, 0.15) is 6.10 Å². The Kier molecular flexibility index (Phi) is 9.17. The van der Waals surface area contributed by atoms with Crippen LogP contribution < -0.4 is 5.32 Å². The van der Waals surface area contributed by atoms with Crippen molar-refractivity contribution < 1.29 is 9.53 Å². The lowest BCUT2D eigenvalue weighted by molar-refractivity contribution is -0.113. The van der Waals surface area contributed by atoms with E-state index in [4.69, 9.17) is 15.6 Å². The summed E-state index contributed by atoms with van der Waals surface area (Å²) >= 11 is 0. The first-order chi connectivity index (χ1) is 19.1. The van der Waals surface area contributed by atoms with Gasteiger partial charge in [-0.05, 0) is 61.6 Å². The maximum atomic E-state index is 12.6. The van der Waals surface area contributed by atoms with E-state index in [1.165, 1.54) is 34.9 Å². The molecule has 0 radical (unpaired) electrons. The zero-order valence-electron chi connectivity index (χ0n) is 22.8. The number of aryl methyl sites for hydroxylation is 2. The lowest BCUT2D eigenvalue weighted by Crippen LogP contribution is -2.42. The predicted octanol–water partition coefficient (Wildman–Crippen LogP) is 5.92. The van der Waals surface area contributed by atoms with Crippen LogP contribution in [0.4, 0.5) is 0 Å². The number of morpholine rings is 1. The number of allylic oxidation sites excluding steroid dienone is 2. The van der Waals surface area contributed by atoms with E-state index in [2.05, 4.69) is 46.4 Å². The molecule has 2 fully saturated rings. The highest BCUT2D eigenvalue weighted by atomic mass is 16.5. The highest BCUT2D eigenvalue weighted by molar-refractivity contribution is 6.38. The van der Waals surface area contributed by atoms with Crippen LogP contribution in [-0.4, -0.2) is 47.6 Å². The van der Waals surface area contributed by atoms with Gasteiger partial charge in [0.25, 0.3) is 0 Å². The van der Waals surface area contributed by atoms with Gasteiger partial charge in [0.2, 0.25) is 0 Å². The Balaban J connectivity index is 1.18. The number of carbonyl (C=O) groups excluding carboxylic acids is 1. The fourth-order valence-corrected chi connectivity index (χ4v) is 5.49. The molecule has 1 saturated heterocycles. The molecule has 3 N–H and O–H groups in total. The molecule has 2 heterocycles. The molecule has 1 aromatic heterocycles. The predicted molar refractivity (Wildman–Crippen MR) is 158 cm³/mol. The van der Waals surface area contributed by atoms with Gasteiger partial charge in [-0.25, -0.2) is 0 Å². The molecule has 1 unspecified atom stereocenters. The average molecular weight is 525 g/mol. The Morgan fingerprint density at radius 1 is 1.05 bits per heavy atom. The number of fused-ring (bicyclic) bond motifs is 1. The summed E-state index contributed by atoms with van der Waals surface area (Å²) in [4.78, 5) is 12.6. The van der Waals surface area contributed by atoms with E-state index in [1.54, 1.807) is 0 Å². The van der Waals surface area contributed by atoms with Crippen molar-refractivity contribution in [1.29, 1.82) is 10.8 Å². The smallest absolute Gasteiger partial charge is 0.176 e.